The molecule has 12 heteroatoms. The number of hydrogen-bond donors (Lipinski definition) is 2. The van der Waals surface area contributed by atoms with E-state index >= 15 is 0 Å². The third kappa shape index (κ3) is 4.34. The van der Waals surface area contributed by atoms with E-state index in [9.17, 15) is 13.2 Å². The van der Waals surface area contributed by atoms with E-state index in [2.05, 4.69) is 24.3 Å². The molecule has 0 saturated carbocycles. The molecule has 1 aromatic rings. The summed E-state index contributed by atoms with van der Waals surface area (Å²) >= 11 is 0. The van der Waals surface area contributed by atoms with Crippen molar-refractivity contribution in [3.8, 4) is 12.0 Å². The van der Waals surface area contributed by atoms with Gasteiger partial charge in [0.25, 0.3) is 0 Å². The maximum Gasteiger partial charge on any atom is 0.430 e. The Hall–Kier alpha value is -2.21. The molecule has 100 valence electrons. The van der Waals surface area contributed by atoms with Gasteiger partial charge in [-0.25, -0.2) is 4.79 Å². The van der Waals surface area contributed by atoms with Crippen molar-refractivity contribution in [2.45, 2.75) is 0 Å². The minimum atomic E-state index is -4.42. The van der Waals surface area contributed by atoms with Crippen molar-refractivity contribution in [2.24, 2.45) is 5.14 Å². The Morgan fingerprint density at radius 3 is 2.06 bits per heavy atom. The van der Waals surface area contributed by atoms with Crippen molar-refractivity contribution < 1.29 is 26.9 Å². The maximum absolute atomic E-state index is 11.1. The normalized spacial score (nSPS) is 10.6. The van der Waals surface area contributed by atoms with Gasteiger partial charge in [-0.15, -0.1) is 4.98 Å². The fraction of sp³-hybridized carbons (Fsp3) is 0.333. The van der Waals surface area contributed by atoms with Crippen LogP contribution in [0, 0.1) is 0 Å². The zero-order valence-corrected chi connectivity index (χ0v) is 10.1. The van der Waals surface area contributed by atoms with Gasteiger partial charge in [0, 0.05) is 0 Å². The van der Waals surface area contributed by atoms with Gasteiger partial charge in [-0.05, 0) is 0 Å². The topological polar surface area (TPSA) is 156 Å². The minimum absolute atomic E-state index is 0.146. The molecule has 0 radical (unpaired) electrons. The molecule has 11 nitrogen and oxygen atoms in total. The highest BCUT2D eigenvalue weighted by Gasteiger charge is 2.15. The van der Waals surface area contributed by atoms with E-state index < -0.39 is 16.4 Å². The van der Waals surface area contributed by atoms with Gasteiger partial charge in [0.05, 0.1) is 14.2 Å². The van der Waals surface area contributed by atoms with Gasteiger partial charge < -0.3 is 13.7 Å². The summed E-state index contributed by atoms with van der Waals surface area (Å²) in [6, 6.07) is -0.291. The van der Waals surface area contributed by atoms with Gasteiger partial charge in [0.15, 0.2) is 0 Å². The average Bonchev–Trinajstić information content (AvgIpc) is 2.25. The first kappa shape index (κ1) is 13.9. The van der Waals surface area contributed by atoms with Gasteiger partial charge in [-0.1, -0.05) is 0 Å². The Morgan fingerprint density at radius 2 is 1.67 bits per heavy atom. The standard InChI is InChI=1S/C6H9N5O6S/c1-15-4-8-3(9-5(11-4)16-2)10-6(12)17-18(7,13)14/h1-2H3,(H2,7,13,14)(H,8,9,10,11,12). The van der Waals surface area contributed by atoms with E-state index in [1.807, 2.05) is 5.32 Å². The van der Waals surface area contributed by atoms with E-state index in [1.165, 1.54) is 14.2 Å². The van der Waals surface area contributed by atoms with Crippen LogP contribution in [0.15, 0.2) is 0 Å². The minimum Gasteiger partial charge on any atom is -0.467 e. The summed E-state index contributed by atoms with van der Waals surface area (Å²) < 4.78 is 34.2. The summed E-state index contributed by atoms with van der Waals surface area (Å²) in [6.07, 6.45) is -1.38. The number of anilines is 1. The summed E-state index contributed by atoms with van der Waals surface area (Å²) in [5, 5.41) is 6.39. The molecular weight excluding hydrogens is 270 g/mol. The number of nitrogens with zero attached hydrogens (tertiary/aromatic N) is 3. The lowest BCUT2D eigenvalue weighted by atomic mass is 10.8. The molecule has 1 amide bonds. The molecule has 0 spiro atoms. The Labute approximate surface area is 102 Å². The second-order valence-corrected chi connectivity index (χ2v) is 3.77. The highest BCUT2D eigenvalue weighted by atomic mass is 32.2. The van der Waals surface area contributed by atoms with Crippen LogP contribution in [-0.2, 0) is 14.5 Å². The number of nitrogens with one attached hydrogen (secondary N) is 1. The predicted molar refractivity (Wildman–Crippen MR) is 56.1 cm³/mol. The predicted octanol–water partition coefficient (Wildman–Crippen LogP) is -1.36. The molecule has 0 saturated heterocycles. The number of rotatable bonds is 4. The van der Waals surface area contributed by atoms with Crippen molar-refractivity contribution >= 4 is 22.3 Å². The molecule has 0 aliphatic carbocycles. The van der Waals surface area contributed by atoms with Crippen molar-refractivity contribution in [1.29, 1.82) is 0 Å². The molecule has 0 fully saturated rings. The first-order valence-electron chi connectivity index (χ1n) is 4.21. The van der Waals surface area contributed by atoms with E-state index in [1.54, 1.807) is 0 Å². The lowest BCUT2D eigenvalue weighted by Crippen LogP contribution is -2.25. The summed E-state index contributed by atoms with van der Waals surface area (Å²) in [7, 11) is -1.86. The van der Waals surface area contributed by atoms with Crippen LogP contribution in [-0.4, -0.2) is 43.7 Å². The molecule has 1 aromatic heterocycles. The smallest absolute Gasteiger partial charge is 0.430 e. The highest BCUT2D eigenvalue weighted by molar-refractivity contribution is 7.84. The summed E-state index contributed by atoms with van der Waals surface area (Å²) in [4.78, 5) is 21.9. The Balaban J connectivity index is 2.87. The third-order valence-electron chi connectivity index (χ3n) is 1.37. The van der Waals surface area contributed by atoms with Crippen LogP contribution >= 0.6 is 0 Å². The van der Waals surface area contributed by atoms with E-state index in [4.69, 9.17) is 9.47 Å². The number of nitrogens with two attached hydrogens (primary N) is 1. The van der Waals surface area contributed by atoms with Crippen LogP contribution in [0.1, 0.15) is 0 Å². The van der Waals surface area contributed by atoms with Gasteiger partial charge in [0.1, 0.15) is 0 Å². The van der Waals surface area contributed by atoms with E-state index in [0.29, 0.717) is 0 Å². The quantitative estimate of drug-likeness (QED) is 0.679. The average molecular weight is 279 g/mol. The van der Waals surface area contributed by atoms with Crippen molar-refractivity contribution in [3.63, 3.8) is 0 Å². The zero-order valence-electron chi connectivity index (χ0n) is 9.28. The molecule has 0 aromatic carbocycles. The Kier molecular flexibility index (Phi) is 4.17. The molecule has 0 unspecified atom stereocenters. The lowest BCUT2D eigenvalue weighted by molar-refractivity contribution is 0.217. The summed E-state index contributed by atoms with van der Waals surface area (Å²) in [5.74, 6) is -0.327. The molecule has 1 heterocycles. The van der Waals surface area contributed by atoms with E-state index in [0.717, 1.165) is 0 Å². The molecule has 0 aliphatic heterocycles. The molecule has 0 aliphatic rings. The van der Waals surface area contributed by atoms with Gasteiger partial charge in [-0.2, -0.15) is 23.5 Å². The van der Waals surface area contributed by atoms with Crippen LogP contribution in [0.5, 0.6) is 12.0 Å². The maximum atomic E-state index is 11.1. The van der Waals surface area contributed by atoms with Crippen LogP contribution in [0.3, 0.4) is 0 Å². The SMILES string of the molecule is COc1nc(NC(=O)OS(N)(=O)=O)nc(OC)n1. The molecule has 18 heavy (non-hydrogen) atoms. The van der Waals surface area contributed by atoms with Gasteiger partial charge in [-0.3, -0.25) is 5.32 Å². The number of ether oxygens (including phenoxy) is 2. The monoisotopic (exact) mass is 279 g/mol. The van der Waals surface area contributed by atoms with Crippen molar-refractivity contribution in [3.05, 3.63) is 0 Å². The molecule has 1 rings (SSSR count). The number of carbonyl (C=O) groups is 1. The number of methoxy groups -OCH3 is 2. The first-order chi connectivity index (χ1) is 8.34. The lowest BCUT2D eigenvalue weighted by Gasteiger charge is -2.05. The van der Waals surface area contributed by atoms with Crippen LogP contribution < -0.4 is 19.9 Å². The first-order valence-corrected chi connectivity index (χ1v) is 5.68. The summed E-state index contributed by atoms with van der Waals surface area (Å²) in [5.41, 5.74) is 0. The Bertz CT molecular complexity index is 523. The number of carbonyl (C=O) groups excluding carboxylic acids is 1. The number of hydrogen-bond acceptors (Lipinski definition) is 9. The van der Waals surface area contributed by atoms with Crippen LogP contribution in [0.2, 0.25) is 0 Å². The molecule has 3 N–H and O–H groups in total. The molecular formula is C6H9N5O6S. The van der Waals surface area contributed by atoms with Gasteiger partial charge >= 0.3 is 28.4 Å². The summed E-state index contributed by atoms with van der Waals surface area (Å²) in [6.45, 7) is 0. The molecule has 0 bridgehead atoms. The highest BCUT2D eigenvalue weighted by Crippen LogP contribution is 2.12. The molecule has 0 atom stereocenters. The number of aromatic nitrogens is 3. The number of amides is 1. The zero-order chi connectivity index (χ0) is 13.8. The van der Waals surface area contributed by atoms with Gasteiger partial charge in [0.2, 0.25) is 5.95 Å². The largest absolute Gasteiger partial charge is 0.467 e. The second kappa shape index (κ2) is 5.42. The fourth-order valence-electron chi connectivity index (χ4n) is 0.794. The Morgan fingerprint density at radius 1 is 1.17 bits per heavy atom. The van der Waals surface area contributed by atoms with Crippen LogP contribution in [0.25, 0.3) is 0 Å². The fourth-order valence-corrected chi connectivity index (χ4v) is 1.05. The van der Waals surface area contributed by atoms with E-state index in [-0.39, 0.29) is 18.0 Å². The third-order valence-corrected chi connectivity index (χ3v) is 1.75. The second-order valence-electron chi connectivity index (χ2n) is 2.62. The van der Waals surface area contributed by atoms with Crippen LogP contribution in [0.4, 0.5) is 10.7 Å². The van der Waals surface area contributed by atoms with Crippen molar-refractivity contribution in [2.75, 3.05) is 19.5 Å². The van der Waals surface area contributed by atoms with Crippen molar-refractivity contribution in [1.82, 2.24) is 15.0 Å².